The molecule has 1 saturated heterocycles. The van der Waals surface area contributed by atoms with Gasteiger partial charge in [-0.2, -0.15) is 0 Å². The van der Waals surface area contributed by atoms with Gasteiger partial charge in [0, 0.05) is 41.3 Å². The van der Waals surface area contributed by atoms with Crippen LogP contribution in [0.1, 0.15) is 42.5 Å². The van der Waals surface area contributed by atoms with Crippen LogP contribution >= 0.6 is 11.3 Å². The van der Waals surface area contributed by atoms with Gasteiger partial charge in [0.05, 0.1) is 5.71 Å². The molecule has 0 spiro atoms. The molecule has 0 saturated carbocycles. The minimum Gasteiger partial charge on any atom is -0.478 e. The summed E-state index contributed by atoms with van der Waals surface area (Å²) in [4.78, 5) is 47.4. The Kier molecular flexibility index (Phi) is 15.2. The van der Waals surface area contributed by atoms with Crippen LogP contribution in [0.2, 0.25) is 0 Å². The molecule has 37 heavy (non-hydrogen) atoms. The van der Waals surface area contributed by atoms with Crippen LogP contribution in [-0.4, -0.2) is 92.4 Å². The van der Waals surface area contributed by atoms with E-state index >= 15 is 0 Å². The third-order valence-electron chi connectivity index (χ3n) is 4.97. The number of aryl methyl sites for hydroxylation is 1. The lowest BCUT2D eigenvalue weighted by Gasteiger charge is -2.28. The summed E-state index contributed by atoms with van der Waals surface area (Å²) < 4.78 is 0. The third kappa shape index (κ3) is 15.2. The summed E-state index contributed by atoms with van der Waals surface area (Å²) in [5.41, 5.74) is 2.29. The Morgan fingerprint density at radius 2 is 1.43 bits per heavy atom. The number of hydrogen-bond acceptors (Lipinski definition) is 9. The number of thiophene rings is 1. The summed E-state index contributed by atoms with van der Waals surface area (Å²) in [7, 11) is 0. The number of aliphatic carboxylic acids is 4. The lowest BCUT2D eigenvalue weighted by Crippen LogP contribution is -2.38. The number of aliphatic hydroxyl groups excluding tert-OH is 1. The van der Waals surface area contributed by atoms with Gasteiger partial charge >= 0.3 is 23.9 Å². The minimum atomic E-state index is -1.26. The van der Waals surface area contributed by atoms with Crippen molar-refractivity contribution >= 4 is 40.9 Å². The van der Waals surface area contributed by atoms with E-state index in [1.165, 1.54) is 29.7 Å². The zero-order valence-electron chi connectivity index (χ0n) is 20.2. The average Bonchev–Trinajstić information content (AvgIpc) is 3.33. The van der Waals surface area contributed by atoms with E-state index in [1.807, 2.05) is 0 Å². The molecule has 0 aromatic carbocycles. The van der Waals surface area contributed by atoms with Crippen molar-refractivity contribution in [2.45, 2.75) is 44.6 Å². The molecule has 204 valence electrons. The zero-order chi connectivity index (χ0) is 27.6. The van der Waals surface area contributed by atoms with Crippen LogP contribution in [0.5, 0.6) is 0 Å². The van der Waals surface area contributed by atoms with Crippen molar-refractivity contribution in [2.24, 2.45) is 5.16 Å². The Balaban J connectivity index is 0.000000355. The Labute approximate surface area is 217 Å². The minimum absolute atomic E-state index is 0.291. The summed E-state index contributed by atoms with van der Waals surface area (Å²) in [6.45, 7) is 3.20. The first-order chi connectivity index (χ1) is 17.6. The summed E-state index contributed by atoms with van der Waals surface area (Å²) in [5.74, 6) is -5.03. The van der Waals surface area contributed by atoms with Gasteiger partial charge in [-0.1, -0.05) is 11.6 Å². The lowest BCUT2D eigenvalue weighted by molar-refractivity contribution is -0.134. The highest BCUT2D eigenvalue weighted by Crippen LogP contribution is 2.26. The maximum absolute atomic E-state index is 10.1. The van der Waals surface area contributed by atoms with Crippen LogP contribution in [-0.2, 0) is 30.4 Å². The average molecular weight is 541 g/mol. The first-order valence-corrected chi connectivity index (χ1v) is 12.4. The standard InChI is InChI=1S/C16H24N2O2S.2C4H4O4/c19-13(11-18-8-2-1-3-9-18)12-20-17-15-5-4-6-16-14(15)7-10-21-16;2*5-3(6)1-2-4(7)8/h7,10,13,19H,1-6,8-9,11-12H2;2*1-2H,(H,5,6)(H,7,8)/b17-15-;2*2-1+. The monoisotopic (exact) mass is 540 g/mol. The highest BCUT2D eigenvalue weighted by atomic mass is 32.1. The van der Waals surface area contributed by atoms with Crippen LogP contribution in [0.15, 0.2) is 40.9 Å². The van der Waals surface area contributed by atoms with Crippen molar-refractivity contribution < 1.29 is 49.5 Å². The molecule has 1 unspecified atom stereocenters. The second kappa shape index (κ2) is 17.8. The number of β-amino-alcohol motifs (C(OH)–C–C–N with tert-alkyl or cyclic N) is 1. The molecule has 1 aliphatic carbocycles. The molecule has 1 aromatic heterocycles. The first kappa shape index (κ1) is 31.5. The van der Waals surface area contributed by atoms with E-state index < -0.39 is 30.0 Å². The second-order valence-corrected chi connectivity index (χ2v) is 8.98. The third-order valence-corrected chi connectivity index (χ3v) is 5.95. The number of nitrogens with zero attached hydrogens (tertiary/aromatic N) is 2. The number of likely N-dealkylation sites (tertiary alicyclic amines) is 1. The Bertz CT molecular complexity index is 914. The number of hydrogen-bond donors (Lipinski definition) is 5. The van der Waals surface area contributed by atoms with Crippen molar-refractivity contribution in [3.8, 4) is 0 Å². The number of carbonyl (C=O) groups is 4. The van der Waals surface area contributed by atoms with Gasteiger partial charge in [-0.15, -0.1) is 11.3 Å². The molecule has 1 aromatic rings. The summed E-state index contributed by atoms with van der Waals surface area (Å²) >= 11 is 1.80. The van der Waals surface area contributed by atoms with Gasteiger partial charge in [0.15, 0.2) is 0 Å². The van der Waals surface area contributed by atoms with Crippen LogP contribution in [0.25, 0.3) is 0 Å². The molecular weight excluding hydrogens is 508 g/mol. The molecule has 2 aliphatic rings. The van der Waals surface area contributed by atoms with Crippen molar-refractivity contribution in [1.29, 1.82) is 0 Å². The summed E-state index contributed by atoms with van der Waals surface area (Å²) in [5, 5.41) is 47.7. The fourth-order valence-electron chi connectivity index (χ4n) is 3.42. The van der Waals surface area contributed by atoms with E-state index in [1.54, 1.807) is 11.3 Å². The smallest absolute Gasteiger partial charge is 0.328 e. The zero-order valence-corrected chi connectivity index (χ0v) is 21.0. The SMILES string of the molecule is O=C(O)/C=C/C(=O)O.O=C(O)/C=C/C(=O)O.OC(CO/N=C1/CCCc2sccc21)CN1CCCCC1. The van der Waals surface area contributed by atoms with Crippen LogP contribution in [0, 0.1) is 0 Å². The van der Waals surface area contributed by atoms with Gasteiger partial charge in [0.1, 0.15) is 12.7 Å². The summed E-state index contributed by atoms with van der Waals surface area (Å²) in [6.07, 6.45) is 8.88. The van der Waals surface area contributed by atoms with Crippen molar-refractivity contribution in [3.63, 3.8) is 0 Å². The molecule has 12 nitrogen and oxygen atoms in total. The number of fused-ring (bicyclic) bond motifs is 1. The van der Waals surface area contributed by atoms with E-state index in [-0.39, 0.29) is 0 Å². The molecule has 0 amide bonds. The molecule has 3 rings (SSSR count). The maximum atomic E-state index is 10.1. The molecule has 5 N–H and O–H groups in total. The van der Waals surface area contributed by atoms with E-state index in [2.05, 4.69) is 21.5 Å². The van der Waals surface area contributed by atoms with Crippen LogP contribution < -0.4 is 0 Å². The number of oxime groups is 1. The normalized spacial score (nSPS) is 17.2. The van der Waals surface area contributed by atoms with Gasteiger partial charge in [-0.05, 0) is 56.6 Å². The Morgan fingerprint density at radius 1 is 0.892 bits per heavy atom. The molecule has 0 radical (unpaired) electrons. The number of aliphatic hydroxyl groups is 1. The molecule has 13 heteroatoms. The van der Waals surface area contributed by atoms with E-state index in [4.69, 9.17) is 25.3 Å². The second-order valence-electron chi connectivity index (χ2n) is 7.98. The van der Waals surface area contributed by atoms with Gasteiger partial charge in [-0.25, -0.2) is 19.2 Å². The lowest BCUT2D eigenvalue weighted by atomic mass is 9.97. The number of piperidine rings is 1. The Hall–Kier alpha value is -3.55. The molecule has 0 bridgehead atoms. The predicted molar refractivity (Wildman–Crippen MR) is 135 cm³/mol. The van der Waals surface area contributed by atoms with Gasteiger partial charge in [0.2, 0.25) is 0 Å². The van der Waals surface area contributed by atoms with Crippen molar-refractivity contribution in [1.82, 2.24) is 4.90 Å². The Morgan fingerprint density at radius 3 is 1.95 bits per heavy atom. The molecular formula is C24H32N2O10S. The van der Waals surface area contributed by atoms with Gasteiger partial charge in [-0.3, -0.25) is 0 Å². The van der Waals surface area contributed by atoms with Crippen molar-refractivity contribution in [2.75, 3.05) is 26.2 Å². The molecule has 2 heterocycles. The summed E-state index contributed by atoms with van der Waals surface area (Å²) in [6, 6.07) is 2.13. The maximum Gasteiger partial charge on any atom is 0.328 e. The van der Waals surface area contributed by atoms with E-state index in [9.17, 15) is 24.3 Å². The highest BCUT2D eigenvalue weighted by Gasteiger charge is 2.18. The largest absolute Gasteiger partial charge is 0.478 e. The molecule has 1 fully saturated rings. The highest BCUT2D eigenvalue weighted by molar-refractivity contribution is 7.10. The topological polar surface area (TPSA) is 194 Å². The quantitative estimate of drug-likeness (QED) is 0.227. The first-order valence-electron chi connectivity index (χ1n) is 11.5. The number of carboxylic acid groups (broad SMARTS) is 4. The van der Waals surface area contributed by atoms with E-state index in [0.717, 1.165) is 38.1 Å². The van der Waals surface area contributed by atoms with Crippen molar-refractivity contribution in [3.05, 3.63) is 46.2 Å². The van der Waals surface area contributed by atoms with Gasteiger partial charge < -0.3 is 35.3 Å². The molecule has 1 aliphatic heterocycles. The predicted octanol–water partition coefficient (Wildman–Crippen LogP) is 2.08. The molecule has 1 atom stereocenters. The number of rotatable bonds is 9. The fourth-order valence-corrected chi connectivity index (χ4v) is 4.36. The van der Waals surface area contributed by atoms with Crippen LogP contribution in [0.4, 0.5) is 0 Å². The van der Waals surface area contributed by atoms with E-state index in [0.29, 0.717) is 37.5 Å². The van der Waals surface area contributed by atoms with Crippen LogP contribution in [0.3, 0.4) is 0 Å². The van der Waals surface area contributed by atoms with Gasteiger partial charge in [0.25, 0.3) is 0 Å². The fraction of sp³-hybridized carbons (Fsp3) is 0.458. The number of carboxylic acids is 4.